The maximum absolute atomic E-state index is 6.64. The predicted octanol–water partition coefficient (Wildman–Crippen LogP) is 6.86. The van der Waals surface area contributed by atoms with E-state index in [0.29, 0.717) is 0 Å². The van der Waals surface area contributed by atoms with Crippen LogP contribution in [0.5, 0.6) is 0 Å². The van der Waals surface area contributed by atoms with E-state index in [4.69, 9.17) is 20.4 Å². The lowest BCUT2D eigenvalue weighted by Gasteiger charge is -2.38. The molecule has 0 unspecified atom stereocenters. The minimum Gasteiger partial charge on any atom is -0.378 e. The van der Waals surface area contributed by atoms with Crippen LogP contribution in [0.25, 0.3) is 39.5 Å². The molecule has 3 aromatic carbocycles. The van der Waals surface area contributed by atoms with Gasteiger partial charge in [-0.1, -0.05) is 71.1 Å². The van der Waals surface area contributed by atoms with E-state index in [1.165, 1.54) is 23.2 Å². The zero-order valence-electron chi connectivity index (χ0n) is 22.4. The fourth-order valence-electron chi connectivity index (χ4n) is 5.77. The van der Waals surface area contributed by atoms with E-state index in [-0.39, 0.29) is 5.54 Å². The Labute approximate surface area is 248 Å². The Hall–Kier alpha value is -3.27. The smallest absolute Gasteiger partial charge is 0.165 e. The van der Waals surface area contributed by atoms with Crippen molar-refractivity contribution in [3.05, 3.63) is 96.1 Å². The number of ether oxygens (including phenoxy) is 1. The Morgan fingerprint density at radius 3 is 2.30 bits per heavy atom. The van der Waals surface area contributed by atoms with Gasteiger partial charge >= 0.3 is 0 Å². The van der Waals surface area contributed by atoms with Gasteiger partial charge in [-0.2, -0.15) is 0 Å². The Morgan fingerprint density at radius 1 is 0.825 bits per heavy atom. The second-order valence-electron chi connectivity index (χ2n) is 10.8. The monoisotopic (exact) mass is 641 g/mol. The topological polar surface area (TPSA) is 69.2 Å². The van der Waals surface area contributed by atoms with E-state index in [1.807, 2.05) is 0 Å². The molecule has 7 heteroatoms. The number of hydrogen-bond acceptors (Lipinski definition) is 5. The quantitative estimate of drug-likeness (QED) is 0.162. The van der Waals surface area contributed by atoms with Crippen LogP contribution in [-0.4, -0.2) is 40.8 Å². The van der Waals surface area contributed by atoms with Crippen LogP contribution >= 0.6 is 22.6 Å². The van der Waals surface area contributed by atoms with Crippen molar-refractivity contribution in [1.82, 2.24) is 14.5 Å². The molecule has 2 aromatic heterocycles. The Kier molecular flexibility index (Phi) is 6.81. The van der Waals surface area contributed by atoms with Gasteiger partial charge in [-0.05, 0) is 66.8 Å². The van der Waals surface area contributed by atoms with Gasteiger partial charge in [0.05, 0.1) is 18.9 Å². The normalized spacial score (nSPS) is 16.7. The summed E-state index contributed by atoms with van der Waals surface area (Å²) in [5, 5.41) is 0. The lowest BCUT2D eigenvalue weighted by atomic mass is 9.73. The molecule has 1 saturated carbocycles. The molecule has 2 aliphatic rings. The number of benzene rings is 3. The highest BCUT2D eigenvalue weighted by atomic mass is 127. The van der Waals surface area contributed by atoms with Gasteiger partial charge in [0.1, 0.15) is 11.3 Å². The molecule has 1 saturated heterocycles. The van der Waals surface area contributed by atoms with Crippen molar-refractivity contribution >= 4 is 39.4 Å². The molecule has 0 amide bonds. The molecule has 0 spiro atoms. The number of fused-ring (bicyclic) bond motifs is 1. The van der Waals surface area contributed by atoms with Crippen LogP contribution in [0.15, 0.2) is 84.9 Å². The van der Waals surface area contributed by atoms with Crippen molar-refractivity contribution in [1.29, 1.82) is 0 Å². The second-order valence-corrected chi connectivity index (χ2v) is 11.6. The van der Waals surface area contributed by atoms with Gasteiger partial charge in [0.25, 0.3) is 0 Å². The predicted molar refractivity (Wildman–Crippen MR) is 170 cm³/mol. The highest BCUT2D eigenvalue weighted by Gasteiger charge is 2.34. The van der Waals surface area contributed by atoms with Crippen LogP contribution < -0.4 is 10.6 Å². The summed E-state index contributed by atoms with van der Waals surface area (Å²) in [6.45, 7) is 3.34. The number of aromatic nitrogens is 3. The van der Waals surface area contributed by atoms with Gasteiger partial charge in [-0.15, -0.1) is 0 Å². The molecule has 1 aliphatic carbocycles. The number of pyridine rings is 1. The lowest BCUT2D eigenvalue weighted by molar-refractivity contribution is 0.122. The van der Waals surface area contributed by atoms with Crippen molar-refractivity contribution in [2.75, 3.05) is 31.2 Å². The lowest BCUT2D eigenvalue weighted by Crippen LogP contribution is -2.43. The number of nitrogens with zero attached hydrogens (tertiary/aromatic N) is 4. The number of nitrogens with two attached hydrogens (primary N) is 1. The summed E-state index contributed by atoms with van der Waals surface area (Å²) in [7, 11) is 0. The van der Waals surface area contributed by atoms with Gasteiger partial charge in [0.2, 0.25) is 0 Å². The number of imidazole rings is 1. The molecule has 202 valence electrons. The number of anilines is 1. The maximum Gasteiger partial charge on any atom is 0.165 e. The zero-order valence-corrected chi connectivity index (χ0v) is 24.5. The maximum atomic E-state index is 6.64. The third-order valence-electron chi connectivity index (χ3n) is 8.34. The van der Waals surface area contributed by atoms with Gasteiger partial charge in [-0.25, -0.2) is 9.97 Å². The highest BCUT2D eigenvalue weighted by Crippen LogP contribution is 2.39. The first-order chi connectivity index (χ1) is 19.6. The van der Waals surface area contributed by atoms with Crippen LogP contribution in [0.2, 0.25) is 0 Å². The van der Waals surface area contributed by atoms with Crippen LogP contribution in [-0.2, 0) is 14.7 Å². The van der Waals surface area contributed by atoms with Crippen LogP contribution in [0.4, 0.5) is 5.69 Å². The summed E-state index contributed by atoms with van der Waals surface area (Å²) in [6.07, 6.45) is 3.29. The first-order valence-corrected chi connectivity index (χ1v) is 15.5. The van der Waals surface area contributed by atoms with Crippen LogP contribution in [0, 0.1) is 0 Å². The third kappa shape index (κ3) is 4.70. The number of halogens is 1. The van der Waals surface area contributed by atoms with Gasteiger partial charge in [0.15, 0.2) is 5.65 Å². The Balaban J connectivity index is 1.35. The number of alkyl halides is 1. The number of morpholine rings is 1. The van der Waals surface area contributed by atoms with E-state index in [0.717, 1.165) is 83.1 Å². The number of rotatable bonds is 6. The molecule has 0 bridgehead atoms. The summed E-state index contributed by atoms with van der Waals surface area (Å²) in [6, 6.07) is 30.2. The van der Waals surface area contributed by atoms with E-state index in [1.54, 1.807) is 0 Å². The standard InChI is InChI=1S/C33H32IN5O/c34-22-23-5-7-24(8-6-23)31-37-30-14-13-29(25-3-1-4-28(21-25)38-17-19-40-20-18-38)36-32(30)39(31)27-11-9-26(10-12-27)33(35)15-2-16-33/h1,3-14,21H,2,15-20,22,35H2. The van der Waals surface area contributed by atoms with Crippen LogP contribution in [0.3, 0.4) is 0 Å². The van der Waals surface area contributed by atoms with Gasteiger partial charge in [0, 0.05) is 45.6 Å². The fraction of sp³-hybridized carbons (Fsp3) is 0.273. The molecule has 3 heterocycles. The summed E-state index contributed by atoms with van der Waals surface area (Å²) in [4.78, 5) is 12.7. The summed E-state index contributed by atoms with van der Waals surface area (Å²) >= 11 is 2.40. The van der Waals surface area contributed by atoms with E-state index >= 15 is 0 Å². The Bertz CT molecular complexity index is 1650. The molecule has 2 N–H and O–H groups in total. The summed E-state index contributed by atoms with van der Waals surface area (Å²) in [5.41, 5.74) is 16.0. The zero-order chi connectivity index (χ0) is 27.1. The molecule has 2 fully saturated rings. The average Bonchev–Trinajstić information content (AvgIpc) is 3.39. The van der Waals surface area contributed by atoms with Gasteiger partial charge in [-0.3, -0.25) is 4.57 Å². The molecule has 40 heavy (non-hydrogen) atoms. The number of hydrogen-bond donors (Lipinski definition) is 1. The highest BCUT2D eigenvalue weighted by molar-refractivity contribution is 14.1. The minimum absolute atomic E-state index is 0.190. The molecule has 6 nitrogen and oxygen atoms in total. The van der Waals surface area contributed by atoms with Crippen molar-refractivity contribution < 1.29 is 4.74 Å². The fourth-order valence-corrected chi connectivity index (χ4v) is 6.28. The molecule has 7 rings (SSSR count). The van der Waals surface area contributed by atoms with Crippen molar-refractivity contribution in [3.8, 4) is 28.3 Å². The van der Waals surface area contributed by atoms with E-state index < -0.39 is 0 Å². The first kappa shape index (κ1) is 25.7. The minimum atomic E-state index is -0.190. The SMILES string of the molecule is NC1(c2ccc(-n3c(-c4ccc(CI)cc4)nc4ccc(-c5cccc(N6CCOCC6)c5)nc43)cc2)CCC1. The first-order valence-electron chi connectivity index (χ1n) is 14.0. The molecular weight excluding hydrogens is 609 g/mol. The third-order valence-corrected chi connectivity index (χ3v) is 9.22. The van der Waals surface area contributed by atoms with E-state index in [2.05, 4.69) is 117 Å². The molecule has 5 aromatic rings. The van der Waals surface area contributed by atoms with Crippen molar-refractivity contribution in [3.63, 3.8) is 0 Å². The Morgan fingerprint density at radius 2 is 1.60 bits per heavy atom. The van der Waals surface area contributed by atoms with Gasteiger partial charge < -0.3 is 15.4 Å². The van der Waals surface area contributed by atoms with E-state index in [9.17, 15) is 0 Å². The summed E-state index contributed by atoms with van der Waals surface area (Å²) < 4.78 is 8.72. The average molecular weight is 642 g/mol. The molecule has 1 aliphatic heterocycles. The van der Waals surface area contributed by atoms with Crippen molar-refractivity contribution in [2.45, 2.75) is 29.2 Å². The van der Waals surface area contributed by atoms with Crippen LogP contribution in [0.1, 0.15) is 30.4 Å². The largest absolute Gasteiger partial charge is 0.378 e. The molecule has 0 atom stereocenters. The van der Waals surface area contributed by atoms with Crippen molar-refractivity contribution in [2.24, 2.45) is 5.73 Å². The second kappa shape index (κ2) is 10.6. The molecular formula is C33H32IN5O. The summed E-state index contributed by atoms with van der Waals surface area (Å²) in [5.74, 6) is 0.889. The molecule has 0 radical (unpaired) electrons.